The quantitative estimate of drug-likeness (QED) is 0.791. The van der Waals surface area contributed by atoms with Gasteiger partial charge >= 0.3 is 0 Å². The second-order valence-electron chi connectivity index (χ2n) is 5.82. The first-order valence-electron chi connectivity index (χ1n) is 7.23. The van der Waals surface area contributed by atoms with E-state index in [0.717, 1.165) is 35.7 Å². The molecular formula is C15H20ClN3OS. The Morgan fingerprint density at radius 2 is 2.10 bits per heavy atom. The lowest BCUT2D eigenvalue weighted by Crippen LogP contribution is -2.46. The Kier molecular flexibility index (Phi) is 4.19. The van der Waals surface area contributed by atoms with Crippen LogP contribution in [0.4, 0.5) is 0 Å². The minimum Gasteiger partial charge on any atom is -0.376 e. The van der Waals surface area contributed by atoms with Crippen molar-refractivity contribution >= 4 is 33.2 Å². The number of hydrogen-bond acceptors (Lipinski definition) is 5. The normalized spacial score (nSPS) is 23.9. The van der Waals surface area contributed by atoms with E-state index < -0.39 is 0 Å². The summed E-state index contributed by atoms with van der Waals surface area (Å²) in [5, 5.41) is 1.58. The van der Waals surface area contributed by atoms with Gasteiger partial charge in [-0.15, -0.1) is 11.3 Å². The molecule has 2 unspecified atom stereocenters. The van der Waals surface area contributed by atoms with Crippen LogP contribution >= 0.6 is 22.9 Å². The van der Waals surface area contributed by atoms with E-state index >= 15 is 0 Å². The van der Waals surface area contributed by atoms with Gasteiger partial charge in [0.1, 0.15) is 15.8 Å². The number of rotatable bonds is 2. The van der Waals surface area contributed by atoms with E-state index in [1.807, 2.05) is 0 Å². The van der Waals surface area contributed by atoms with Crippen molar-refractivity contribution in [3.05, 3.63) is 21.4 Å². The number of nitrogens with zero attached hydrogens (tertiary/aromatic N) is 3. The fourth-order valence-electron chi connectivity index (χ4n) is 2.69. The van der Waals surface area contributed by atoms with Crippen molar-refractivity contribution in [2.45, 2.75) is 46.4 Å². The van der Waals surface area contributed by atoms with Crippen molar-refractivity contribution in [3.63, 3.8) is 0 Å². The third kappa shape index (κ3) is 2.93. The Balaban J connectivity index is 1.90. The zero-order chi connectivity index (χ0) is 15.1. The maximum atomic E-state index is 6.38. The van der Waals surface area contributed by atoms with Crippen LogP contribution in [0.5, 0.6) is 0 Å². The highest BCUT2D eigenvalue weighted by Gasteiger charge is 2.24. The fourth-order valence-corrected chi connectivity index (χ4v) is 4.12. The molecule has 2 aromatic heterocycles. The molecule has 0 N–H and O–H groups in total. The number of ether oxygens (including phenoxy) is 1. The summed E-state index contributed by atoms with van der Waals surface area (Å²) >= 11 is 8.07. The monoisotopic (exact) mass is 325 g/mol. The van der Waals surface area contributed by atoms with Crippen LogP contribution in [-0.2, 0) is 11.3 Å². The summed E-state index contributed by atoms with van der Waals surface area (Å²) in [6, 6.07) is 0.381. The maximum Gasteiger partial charge on any atom is 0.145 e. The molecule has 3 rings (SSSR count). The number of aryl methyl sites for hydroxylation is 2. The smallest absolute Gasteiger partial charge is 0.145 e. The average molecular weight is 326 g/mol. The van der Waals surface area contributed by atoms with Gasteiger partial charge in [-0.05, 0) is 33.3 Å². The first-order valence-corrected chi connectivity index (χ1v) is 8.43. The van der Waals surface area contributed by atoms with Crippen molar-refractivity contribution in [1.29, 1.82) is 0 Å². The Labute approximate surface area is 134 Å². The Hall–Kier alpha value is -0.750. The van der Waals surface area contributed by atoms with Gasteiger partial charge in [-0.3, -0.25) is 4.90 Å². The van der Waals surface area contributed by atoms with Crippen LogP contribution in [0, 0.1) is 13.8 Å². The van der Waals surface area contributed by atoms with E-state index in [0.29, 0.717) is 11.2 Å². The predicted octanol–water partition coefficient (Wildman–Crippen LogP) is 3.57. The molecule has 0 aliphatic carbocycles. The van der Waals surface area contributed by atoms with Gasteiger partial charge in [-0.1, -0.05) is 11.6 Å². The van der Waals surface area contributed by atoms with Gasteiger partial charge < -0.3 is 4.74 Å². The first kappa shape index (κ1) is 15.2. The number of hydrogen-bond donors (Lipinski definition) is 0. The Morgan fingerprint density at radius 3 is 2.86 bits per heavy atom. The summed E-state index contributed by atoms with van der Waals surface area (Å²) in [6.45, 7) is 10.8. The topological polar surface area (TPSA) is 38.2 Å². The number of morpholine rings is 1. The molecule has 2 aromatic rings. The van der Waals surface area contributed by atoms with E-state index in [1.54, 1.807) is 11.3 Å². The van der Waals surface area contributed by atoms with Crippen molar-refractivity contribution in [1.82, 2.24) is 14.9 Å². The van der Waals surface area contributed by atoms with Gasteiger partial charge in [0.05, 0.1) is 24.6 Å². The predicted molar refractivity (Wildman–Crippen MR) is 87.2 cm³/mol. The Bertz CT molecular complexity index is 672. The fraction of sp³-hybridized carbons (Fsp3) is 0.600. The molecule has 4 nitrogen and oxygen atoms in total. The summed E-state index contributed by atoms with van der Waals surface area (Å²) in [7, 11) is 0. The van der Waals surface area contributed by atoms with E-state index in [2.05, 4.69) is 37.6 Å². The van der Waals surface area contributed by atoms with Crippen LogP contribution in [0.3, 0.4) is 0 Å². The molecule has 0 radical (unpaired) electrons. The molecule has 1 aliphatic rings. The molecule has 1 fully saturated rings. The van der Waals surface area contributed by atoms with Gasteiger partial charge in [0.2, 0.25) is 0 Å². The van der Waals surface area contributed by atoms with Gasteiger partial charge in [0.15, 0.2) is 0 Å². The SMILES string of the molecule is Cc1sc2nc(CN3CC(C)OCC3C)nc(Cl)c2c1C. The third-order valence-electron chi connectivity index (χ3n) is 4.11. The van der Waals surface area contributed by atoms with Gasteiger partial charge in [-0.2, -0.15) is 0 Å². The molecule has 1 saturated heterocycles. The molecule has 114 valence electrons. The molecule has 1 aliphatic heterocycles. The maximum absolute atomic E-state index is 6.38. The lowest BCUT2D eigenvalue weighted by atomic mass is 10.2. The summed E-state index contributed by atoms with van der Waals surface area (Å²) in [5.74, 6) is 0.801. The summed E-state index contributed by atoms with van der Waals surface area (Å²) < 4.78 is 5.66. The molecule has 0 amide bonds. The molecule has 0 spiro atoms. The third-order valence-corrected chi connectivity index (χ3v) is 5.49. The highest BCUT2D eigenvalue weighted by atomic mass is 35.5. The minimum atomic E-state index is 0.256. The number of fused-ring (bicyclic) bond motifs is 1. The highest BCUT2D eigenvalue weighted by molar-refractivity contribution is 7.18. The van der Waals surface area contributed by atoms with E-state index in [9.17, 15) is 0 Å². The molecular weight excluding hydrogens is 306 g/mol. The van der Waals surface area contributed by atoms with E-state index in [4.69, 9.17) is 21.3 Å². The first-order chi connectivity index (χ1) is 9.95. The van der Waals surface area contributed by atoms with Crippen molar-refractivity contribution < 1.29 is 4.74 Å². The second-order valence-corrected chi connectivity index (χ2v) is 7.38. The summed E-state index contributed by atoms with van der Waals surface area (Å²) in [4.78, 5) is 13.8. The molecule has 2 atom stereocenters. The van der Waals surface area contributed by atoms with Crippen molar-refractivity contribution in [2.75, 3.05) is 13.2 Å². The van der Waals surface area contributed by atoms with Gasteiger partial charge in [-0.25, -0.2) is 9.97 Å². The van der Waals surface area contributed by atoms with Crippen LogP contribution < -0.4 is 0 Å². The number of halogens is 1. The van der Waals surface area contributed by atoms with Crippen LogP contribution in [0.25, 0.3) is 10.2 Å². The molecule has 0 bridgehead atoms. The lowest BCUT2D eigenvalue weighted by Gasteiger charge is -2.36. The molecule has 6 heteroatoms. The number of thiophene rings is 1. The van der Waals surface area contributed by atoms with Crippen LogP contribution in [-0.4, -0.2) is 40.2 Å². The second kappa shape index (κ2) is 5.80. The average Bonchev–Trinajstić information content (AvgIpc) is 2.70. The molecule has 21 heavy (non-hydrogen) atoms. The van der Waals surface area contributed by atoms with Gasteiger partial charge in [0.25, 0.3) is 0 Å². The minimum absolute atomic E-state index is 0.256. The van der Waals surface area contributed by atoms with E-state index in [-0.39, 0.29) is 6.10 Å². The number of aromatic nitrogens is 2. The lowest BCUT2D eigenvalue weighted by molar-refractivity contribution is -0.0534. The summed E-state index contributed by atoms with van der Waals surface area (Å²) in [5.41, 5.74) is 1.19. The zero-order valence-electron chi connectivity index (χ0n) is 12.8. The van der Waals surface area contributed by atoms with Gasteiger partial charge in [0, 0.05) is 17.5 Å². The van der Waals surface area contributed by atoms with Crippen molar-refractivity contribution in [3.8, 4) is 0 Å². The Morgan fingerprint density at radius 1 is 1.33 bits per heavy atom. The van der Waals surface area contributed by atoms with Crippen LogP contribution in [0.2, 0.25) is 5.15 Å². The molecule has 3 heterocycles. The largest absolute Gasteiger partial charge is 0.376 e. The molecule has 0 aromatic carbocycles. The zero-order valence-corrected chi connectivity index (χ0v) is 14.4. The molecule has 0 saturated carbocycles. The standard InChI is InChI=1S/C15H20ClN3OS/c1-8-7-20-9(2)5-19(8)6-12-17-14(16)13-10(3)11(4)21-15(13)18-12/h8-9H,5-7H2,1-4H3. The van der Waals surface area contributed by atoms with Crippen molar-refractivity contribution in [2.24, 2.45) is 0 Å². The van der Waals surface area contributed by atoms with E-state index in [1.165, 1.54) is 10.4 Å². The summed E-state index contributed by atoms with van der Waals surface area (Å²) in [6.07, 6.45) is 0.256. The van der Waals surface area contributed by atoms with Crippen LogP contribution in [0.1, 0.15) is 30.1 Å². The highest BCUT2D eigenvalue weighted by Crippen LogP contribution is 2.33. The van der Waals surface area contributed by atoms with Crippen LogP contribution in [0.15, 0.2) is 0 Å².